The number of nitrogens with one attached hydrogen (secondary N) is 1. The Balaban J connectivity index is 1.58. The summed E-state index contributed by atoms with van der Waals surface area (Å²) in [6.45, 7) is 0.776. The number of nitrogens with zero attached hydrogens (tertiary/aromatic N) is 4. The van der Waals surface area contributed by atoms with E-state index in [1.807, 2.05) is 6.07 Å². The number of carbonyl (C=O) groups excluding carboxylic acids is 1. The van der Waals surface area contributed by atoms with Crippen LogP contribution in [-0.2, 0) is 19.0 Å². The van der Waals surface area contributed by atoms with E-state index in [9.17, 15) is 9.18 Å². The standard InChI is InChI=1S/C17H20FN5O/c1-22-11-20-14(21-22)9-19-16(24)23-10-17(7-2-3-8-17)12-5-4-6-13(18)15(12)23/h4-6,11H,2-3,7-10H2,1H3,(H,19,24). The Labute approximate surface area is 139 Å². The maximum Gasteiger partial charge on any atom is 0.322 e. The minimum atomic E-state index is -0.331. The first-order chi connectivity index (χ1) is 11.6. The van der Waals surface area contributed by atoms with Crippen molar-refractivity contribution in [1.82, 2.24) is 20.1 Å². The monoisotopic (exact) mass is 329 g/mol. The number of hydrogen-bond donors (Lipinski definition) is 1. The van der Waals surface area contributed by atoms with E-state index in [0.29, 0.717) is 18.1 Å². The fourth-order valence-corrected chi connectivity index (χ4v) is 4.05. The molecule has 1 aromatic heterocycles. The molecule has 1 aliphatic carbocycles. The Morgan fingerprint density at radius 1 is 1.38 bits per heavy atom. The predicted molar refractivity (Wildman–Crippen MR) is 87.1 cm³/mol. The zero-order chi connectivity index (χ0) is 16.7. The summed E-state index contributed by atoms with van der Waals surface area (Å²) in [7, 11) is 1.77. The second kappa shape index (κ2) is 5.58. The summed E-state index contributed by atoms with van der Waals surface area (Å²) < 4.78 is 16.0. The second-order valence-electron chi connectivity index (χ2n) is 6.70. The highest BCUT2D eigenvalue weighted by atomic mass is 19.1. The summed E-state index contributed by atoms with van der Waals surface area (Å²) in [6.07, 6.45) is 5.86. The number of halogens is 1. The van der Waals surface area contributed by atoms with Crippen LogP contribution in [0.3, 0.4) is 0 Å². The number of aromatic nitrogens is 3. The lowest BCUT2D eigenvalue weighted by Gasteiger charge is -2.24. The average molecular weight is 329 g/mol. The fourth-order valence-electron chi connectivity index (χ4n) is 4.05. The number of rotatable bonds is 2. The first-order valence-electron chi connectivity index (χ1n) is 8.28. The minimum Gasteiger partial charge on any atom is -0.330 e. The third-order valence-corrected chi connectivity index (χ3v) is 5.14. The van der Waals surface area contributed by atoms with Gasteiger partial charge < -0.3 is 5.32 Å². The summed E-state index contributed by atoms with van der Waals surface area (Å²) in [4.78, 5) is 18.3. The quantitative estimate of drug-likeness (QED) is 0.921. The van der Waals surface area contributed by atoms with Gasteiger partial charge in [0.05, 0.1) is 12.2 Å². The highest BCUT2D eigenvalue weighted by Gasteiger charge is 2.47. The van der Waals surface area contributed by atoms with Crippen molar-refractivity contribution in [3.05, 3.63) is 41.7 Å². The zero-order valence-electron chi connectivity index (χ0n) is 13.6. The minimum absolute atomic E-state index is 0.0853. The van der Waals surface area contributed by atoms with Crippen molar-refractivity contribution >= 4 is 11.7 Å². The van der Waals surface area contributed by atoms with Crippen LogP contribution in [0.15, 0.2) is 24.5 Å². The molecule has 2 aromatic rings. The van der Waals surface area contributed by atoms with Crippen molar-refractivity contribution in [2.24, 2.45) is 7.05 Å². The number of fused-ring (bicyclic) bond motifs is 2. The number of aryl methyl sites for hydroxylation is 1. The third kappa shape index (κ3) is 2.35. The summed E-state index contributed by atoms with van der Waals surface area (Å²) in [5.41, 5.74) is 1.33. The van der Waals surface area contributed by atoms with Gasteiger partial charge in [-0.1, -0.05) is 25.0 Å². The summed E-state index contributed by atoms with van der Waals surface area (Å²) in [5.74, 6) is 0.205. The second-order valence-corrected chi connectivity index (χ2v) is 6.70. The van der Waals surface area contributed by atoms with Gasteiger partial charge in [-0.15, -0.1) is 0 Å². The van der Waals surface area contributed by atoms with E-state index < -0.39 is 0 Å². The summed E-state index contributed by atoms with van der Waals surface area (Å²) >= 11 is 0. The molecule has 6 nitrogen and oxygen atoms in total. The molecule has 0 saturated heterocycles. The maximum atomic E-state index is 14.5. The largest absolute Gasteiger partial charge is 0.330 e. The molecule has 7 heteroatoms. The van der Waals surface area contributed by atoms with Gasteiger partial charge in [-0.2, -0.15) is 5.10 Å². The lowest BCUT2D eigenvalue weighted by Crippen LogP contribution is -2.42. The van der Waals surface area contributed by atoms with E-state index in [0.717, 1.165) is 31.2 Å². The first-order valence-corrected chi connectivity index (χ1v) is 8.28. The first kappa shape index (κ1) is 15.1. The van der Waals surface area contributed by atoms with Crippen LogP contribution in [0.4, 0.5) is 14.9 Å². The van der Waals surface area contributed by atoms with Crippen LogP contribution >= 0.6 is 0 Å². The van der Waals surface area contributed by atoms with Crippen LogP contribution in [0.25, 0.3) is 0 Å². The molecular weight excluding hydrogens is 309 g/mol. The number of amides is 2. The topological polar surface area (TPSA) is 63.1 Å². The van der Waals surface area contributed by atoms with Gasteiger partial charge in [-0.3, -0.25) is 9.58 Å². The van der Waals surface area contributed by atoms with Crippen molar-refractivity contribution in [3.63, 3.8) is 0 Å². The number of anilines is 1. The lowest BCUT2D eigenvalue weighted by atomic mass is 9.81. The van der Waals surface area contributed by atoms with E-state index >= 15 is 0 Å². The van der Waals surface area contributed by atoms with Gasteiger partial charge in [0, 0.05) is 19.0 Å². The van der Waals surface area contributed by atoms with Crippen LogP contribution in [0.1, 0.15) is 37.1 Å². The highest BCUT2D eigenvalue weighted by Crippen LogP contribution is 2.51. The van der Waals surface area contributed by atoms with Crippen LogP contribution in [0, 0.1) is 5.82 Å². The van der Waals surface area contributed by atoms with Crippen molar-refractivity contribution in [1.29, 1.82) is 0 Å². The van der Waals surface area contributed by atoms with Gasteiger partial charge in [0.15, 0.2) is 5.82 Å². The zero-order valence-corrected chi connectivity index (χ0v) is 13.6. The third-order valence-electron chi connectivity index (χ3n) is 5.14. The smallest absolute Gasteiger partial charge is 0.322 e. The Kier molecular flexibility index (Phi) is 3.51. The predicted octanol–water partition coefficient (Wildman–Crippen LogP) is 2.50. The maximum absolute atomic E-state index is 14.5. The Hall–Kier alpha value is -2.44. The number of benzene rings is 1. The van der Waals surface area contributed by atoms with Gasteiger partial charge in [0.2, 0.25) is 0 Å². The van der Waals surface area contributed by atoms with E-state index in [1.165, 1.54) is 6.07 Å². The summed E-state index contributed by atoms with van der Waals surface area (Å²) in [6, 6.07) is 4.84. The van der Waals surface area contributed by atoms with Crippen molar-refractivity contribution in [2.45, 2.75) is 37.6 Å². The van der Waals surface area contributed by atoms with Gasteiger partial charge in [-0.25, -0.2) is 14.2 Å². The van der Waals surface area contributed by atoms with Crippen LogP contribution in [-0.4, -0.2) is 27.3 Å². The van der Waals surface area contributed by atoms with E-state index in [2.05, 4.69) is 15.4 Å². The van der Waals surface area contributed by atoms with Gasteiger partial charge in [0.25, 0.3) is 0 Å². The molecule has 0 radical (unpaired) electrons. The molecule has 1 N–H and O–H groups in total. The molecule has 1 aromatic carbocycles. The van der Waals surface area contributed by atoms with Crippen LogP contribution < -0.4 is 10.2 Å². The molecule has 4 rings (SSSR count). The molecule has 126 valence electrons. The fraction of sp³-hybridized carbons (Fsp3) is 0.471. The molecule has 1 spiro atoms. The molecule has 0 bridgehead atoms. The van der Waals surface area contributed by atoms with E-state index in [-0.39, 0.29) is 23.8 Å². The molecule has 1 aliphatic heterocycles. The number of urea groups is 1. The van der Waals surface area contributed by atoms with E-state index in [1.54, 1.807) is 29.0 Å². The molecular formula is C17H20FN5O. The molecule has 1 fully saturated rings. The Morgan fingerprint density at radius 2 is 2.17 bits per heavy atom. The average Bonchev–Trinajstić information content (AvgIpc) is 3.27. The number of hydrogen-bond acceptors (Lipinski definition) is 3. The van der Waals surface area contributed by atoms with Crippen molar-refractivity contribution in [2.75, 3.05) is 11.4 Å². The Bertz CT molecular complexity index is 781. The summed E-state index contributed by atoms with van der Waals surface area (Å²) in [5, 5.41) is 6.95. The van der Waals surface area contributed by atoms with Gasteiger partial charge in [-0.05, 0) is 24.5 Å². The SMILES string of the molecule is Cn1cnc(CNC(=O)N2CC3(CCCC3)c3cccc(F)c32)n1. The molecule has 2 amide bonds. The molecule has 24 heavy (non-hydrogen) atoms. The highest BCUT2D eigenvalue weighted by molar-refractivity contribution is 5.95. The van der Waals surface area contributed by atoms with Crippen molar-refractivity contribution in [3.8, 4) is 0 Å². The van der Waals surface area contributed by atoms with Crippen LogP contribution in [0.2, 0.25) is 0 Å². The molecule has 1 saturated carbocycles. The Morgan fingerprint density at radius 3 is 2.88 bits per heavy atom. The number of carbonyl (C=O) groups is 1. The normalized spacial score (nSPS) is 18.2. The van der Waals surface area contributed by atoms with E-state index in [4.69, 9.17) is 0 Å². The van der Waals surface area contributed by atoms with Crippen molar-refractivity contribution < 1.29 is 9.18 Å². The number of para-hydroxylation sites is 1. The molecule has 2 aliphatic rings. The van der Waals surface area contributed by atoms with Crippen LogP contribution in [0.5, 0.6) is 0 Å². The molecule has 0 unspecified atom stereocenters. The van der Waals surface area contributed by atoms with Gasteiger partial charge >= 0.3 is 6.03 Å². The lowest BCUT2D eigenvalue weighted by molar-refractivity contribution is 0.244. The molecule has 0 atom stereocenters. The molecule has 2 heterocycles. The van der Waals surface area contributed by atoms with Gasteiger partial charge in [0.1, 0.15) is 12.1 Å².